The zero-order valence-corrected chi connectivity index (χ0v) is 24.3. The maximum Gasteiger partial charge on any atom is 0.338 e. The minimum atomic E-state index is -2.06. The van der Waals surface area contributed by atoms with E-state index in [0.29, 0.717) is 11.1 Å². The fraction of sp³-hybridized carbons (Fsp3) is 0.483. The number of carbonyl (C=O) groups excluding carboxylic acids is 3. The Balaban J connectivity index is 2.01. The predicted octanol–water partition coefficient (Wildman–Crippen LogP) is 4.34. The van der Waals surface area contributed by atoms with Crippen molar-refractivity contribution < 1.29 is 37.8 Å². The Kier molecular flexibility index (Phi) is 11.2. The summed E-state index contributed by atoms with van der Waals surface area (Å²) in [5.74, 6) is -1.63. The molecule has 1 N–H and O–H groups in total. The van der Waals surface area contributed by atoms with Gasteiger partial charge in [-0.05, 0) is 42.4 Å². The number of carbonyl (C=O) groups is 3. The van der Waals surface area contributed by atoms with Crippen molar-refractivity contribution in [2.75, 3.05) is 13.7 Å². The Hall–Kier alpha value is -3.05. The van der Waals surface area contributed by atoms with Crippen molar-refractivity contribution in [3.05, 3.63) is 71.8 Å². The van der Waals surface area contributed by atoms with Crippen LogP contribution in [0.5, 0.6) is 0 Å². The highest BCUT2D eigenvalue weighted by atomic mass is 28.4. The predicted molar refractivity (Wildman–Crippen MR) is 148 cm³/mol. The average molecular weight is 558 g/mol. The van der Waals surface area contributed by atoms with Gasteiger partial charge in [0.25, 0.3) is 0 Å². The largest absolute Gasteiger partial charge is 0.452 e. The SMILES string of the molecule is CC[Si](CC)(CC)OC[C@H]1O[C@H](OC)[C@H](NC(C)=O)[C@@H](OC(=O)c2ccccc2)[C@@H]1OC(=O)c1ccccc1. The van der Waals surface area contributed by atoms with Crippen LogP contribution in [-0.4, -0.2) is 70.5 Å². The van der Waals surface area contributed by atoms with Crippen molar-refractivity contribution >= 4 is 26.2 Å². The third-order valence-corrected chi connectivity index (χ3v) is 11.9. The molecule has 0 aromatic heterocycles. The number of methoxy groups -OCH3 is 1. The molecule has 1 amide bonds. The lowest BCUT2D eigenvalue weighted by Gasteiger charge is -2.45. The van der Waals surface area contributed by atoms with Crippen LogP contribution in [0, 0.1) is 0 Å². The van der Waals surface area contributed by atoms with Gasteiger partial charge in [-0.25, -0.2) is 9.59 Å². The van der Waals surface area contributed by atoms with Crippen molar-refractivity contribution in [3.8, 4) is 0 Å². The van der Waals surface area contributed by atoms with E-state index in [1.807, 2.05) is 0 Å². The molecule has 0 bridgehead atoms. The molecule has 2 aromatic rings. The van der Waals surface area contributed by atoms with Crippen molar-refractivity contribution in [3.63, 3.8) is 0 Å². The highest BCUT2D eigenvalue weighted by molar-refractivity contribution is 6.73. The van der Waals surface area contributed by atoms with Crippen LogP contribution in [0.4, 0.5) is 0 Å². The molecular formula is C29H39NO8Si. The lowest BCUT2D eigenvalue weighted by atomic mass is 9.96. The van der Waals surface area contributed by atoms with Crippen molar-refractivity contribution in [2.45, 2.75) is 76.5 Å². The second-order valence-electron chi connectivity index (χ2n) is 9.53. The molecule has 9 nitrogen and oxygen atoms in total. The quantitative estimate of drug-likeness (QED) is 0.303. The first-order valence-corrected chi connectivity index (χ1v) is 15.9. The number of amides is 1. The van der Waals surface area contributed by atoms with E-state index in [9.17, 15) is 14.4 Å². The minimum absolute atomic E-state index is 0.112. The van der Waals surface area contributed by atoms with Crippen LogP contribution in [0.15, 0.2) is 60.7 Å². The van der Waals surface area contributed by atoms with E-state index in [4.69, 9.17) is 23.4 Å². The van der Waals surface area contributed by atoms with Gasteiger partial charge in [0.05, 0.1) is 17.7 Å². The number of esters is 2. The number of ether oxygens (including phenoxy) is 4. The van der Waals surface area contributed by atoms with Gasteiger partial charge in [-0.1, -0.05) is 57.2 Å². The first-order chi connectivity index (χ1) is 18.8. The summed E-state index contributed by atoms with van der Waals surface area (Å²) in [6.45, 7) is 7.79. The van der Waals surface area contributed by atoms with Crippen molar-refractivity contribution in [2.24, 2.45) is 0 Å². The number of benzene rings is 2. The summed E-state index contributed by atoms with van der Waals surface area (Å²) in [6, 6.07) is 18.8. The fourth-order valence-corrected chi connectivity index (χ4v) is 7.39. The number of nitrogens with one attached hydrogen (secondary N) is 1. The van der Waals surface area contributed by atoms with Crippen LogP contribution < -0.4 is 5.32 Å². The van der Waals surface area contributed by atoms with E-state index in [1.54, 1.807) is 60.7 Å². The van der Waals surface area contributed by atoms with Crippen LogP contribution in [0.1, 0.15) is 48.4 Å². The fourth-order valence-electron chi connectivity index (χ4n) is 4.76. The number of hydrogen-bond donors (Lipinski definition) is 1. The monoisotopic (exact) mass is 557 g/mol. The molecule has 3 rings (SSSR count). The summed E-state index contributed by atoms with van der Waals surface area (Å²) in [7, 11) is -0.618. The van der Waals surface area contributed by atoms with Gasteiger partial charge in [0, 0.05) is 14.0 Å². The molecule has 1 aliphatic heterocycles. The van der Waals surface area contributed by atoms with E-state index in [-0.39, 0.29) is 12.5 Å². The summed E-state index contributed by atoms with van der Waals surface area (Å²) >= 11 is 0. The number of rotatable bonds is 12. The van der Waals surface area contributed by atoms with Gasteiger partial charge in [-0.3, -0.25) is 4.79 Å². The van der Waals surface area contributed by atoms with E-state index in [2.05, 4.69) is 26.1 Å². The molecular weight excluding hydrogens is 518 g/mol. The molecule has 5 atom stereocenters. The zero-order chi connectivity index (χ0) is 28.4. The van der Waals surface area contributed by atoms with E-state index < -0.39 is 50.9 Å². The molecule has 1 aliphatic rings. The van der Waals surface area contributed by atoms with Gasteiger partial charge < -0.3 is 28.7 Å². The Morgan fingerprint density at radius 3 is 1.74 bits per heavy atom. The lowest BCUT2D eigenvalue weighted by Crippen LogP contribution is -2.66. The van der Waals surface area contributed by atoms with Crippen LogP contribution >= 0.6 is 0 Å². The van der Waals surface area contributed by atoms with Gasteiger partial charge in [-0.2, -0.15) is 0 Å². The van der Waals surface area contributed by atoms with Crippen LogP contribution in [0.2, 0.25) is 18.1 Å². The van der Waals surface area contributed by atoms with Gasteiger partial charge in [0.15, 0.2) is 26.8 Å². The van der Waals surface area contributed by atoms with Crippen LogP contribution in [0.25, 0.3) is 0 Å². The molecule has 1 heterocycles. The first kappa shape index (κ1) is 30.5. The molecule has 1 fully saturated rings. The molecule has 0 spiro atoms. The summed E-state index contributed by atoms with van der Waals surface area (Å²) in [6.07, 6.45) is -4.02. The maximum absolute atomic E-state index is 13.2. The van der Waals surface area contributed by atoms with E-state index in [1.165, 1.54) is 14.0 Å². The summed E-state index contributed by atoms with van der Waals surface area (Å²) in [5, 5.41) is 2.77. The summed E-state index contributed by atoms with van der Waals surface area (Å²) < 4.78 is 30.3. The van der Waals surface area contributed by atoms with E-state index >= 15 is 0 Å². The maximum atomic E-state index is 13.2. The van der Waals surface area contributed by atoms with Gasteiger partial charge in [0.1, 0.15) is 12.1 Å². The highest BCUT2D eigenvalue weighted by Gasteiger charge is 2.51. The topological polar surface area (TPSA) is 109 Å². The van der Waals surface area contributed by atoms with Crippen molar-refractivity contribution in [1.29, 1.82) is 0 Å². The molecule has 0 aliphatic carbocycles. The normalized spacial score (nSPS) is 23.1. The minimum Gasteiger partial charge on any atom is -0.452 e. The standard InChI is InChI=1S/C29H39NO8Si/c1-6-39(7-2,8-3)35-19-23-25(37-27(32)21-15-11-9-12-16-21)26(24(30-20(4)31)29(34-5)36-23)38-28(33)22-17-13-10-14-18-22/h9-18,23-26,29H,6-8,19H2,1-5H3,(H,30,31)/t23-,24-,25-,26-,29+/m1/s1. The van der Waals surface area contributed by atoms with Gasteiger partial charge in [0.2, 0.25) is 5.91 Å². The smallest absolute Gasteiger partial charge is 0.338 e. The Morgan fingerprint density at radius 1 is 0.821 bits per heavy atom. The highest BCUT2D eigenvalue weighted by Crippen LogP contribution is 2.31. The molecule has 39 heavy (non-hydrogen) atoms. The molecule has 10 heteroatoms. The number of hydrogen-bond acceptors (Lipinski definition) is 8. The molecule has 0 unspecified atom stereocenters. The van der Waals surface area contributed by atoms with Crippen LogP contribution in [0.3, 0.4) is 0 Å². The average Bonchev–Trinajstić information content (AvgIpc) is 2.96. The van der Waals surface area contributed by atoms with Gasteiger partial charge in [-0.15, -0.1) is 0 Å². The summed E-state index contributed by atoms with van der Waals surface area (Å²) in [4.78, 5) is 38.7. The Morgan fingerprint density at radius 2 is 1.31 bits per heavy atom. The first-order valence-electron chi connectivity index (χ1n) is 13.4. The van der Waals surface area contributed by atoms with Gasteiger partial charge >= 0.3 is 11.9 Å². The second kappa shape index (κ2) is 14.4. The van der Waals surface area contributed by atoms with E-state index in [0.717, 1.165) is 18.1 Å². The Labute approximate surface area is 231 Å². The molecule has 212 valence electrons. The molecule has 0 saturated carbocycles. The van der Waals surface area contributed by atoms with Crippen LogP contribution in [-0.2, 0) is 28.2 Å². The molecule has 2 aromatic carbocycles. The summed E-state index contributed by atoms with van der Waals surface area (Å²) in [5.41, 5.74) is 0.643. The second-order valence-corrected chi connectivity index (χ2v) is 14.3. The molecule has 1 saturated heterocycles. The zero-order valence-electron chi connectivity index (χ0n) is 23.3. The lowest BCUT2D eigenvalue weighted by molar-refractivity contribution is -0.260. The third kappa shape index (κ3) is 7.75. The Bertz CT molecular complexity index is 1070. The molecule has 0 radical (unpaired) electrons. The van der Waals surface area contributed by atoms with Crippen molar-refractivity contribution in [1.82, 2.24) is 5.32 Å². The third-order valence-electron chi connectivity index (χ3n) is 7.24.